The molecule has 1 aromatic carbocycles. The summed E-state index contributed by atoms with van der Waals surface area (Å²) in [6.07, 6.45) is 12.6. The Balaban J connectivity index is 1.61. The topological polar surface area (TPSA) is 29.5 Å². The molecule has 0 aromatic heterocycles. The van der Waals surface area contributed by atoms with E-state index in [0.717, 1.165) is 31.4 Å². The normalized spacial score (nSPS) is 45.3. The summed E-state index contributed by atoms with van der Waals surface area (Å²) in [7, 11) is 1.75. The fourth-order valence-electron chi connectivity index (χ4n) is 7.07. The highest BCUT2D eigenvalue weighted by atomic mass is 16.5. The minimum absolute atomic E-state index is 0.0693. The number of benzene rings is 1. The van der Waals surface area contributed by atoms with Crippen LogP contribution in [0, 0.1) is 16.7 Å². The zero-order valence-electron chi connectivity index (χ0n) is 14.8. The van der Waals surface area contributed by atoms with Crippen LogP contribution in [0.5, 0.6) is 5.75 Å². The first kappa shape index (κ1) is 15.0. The lowest BCUT2D eigenvalue weighted by Gasteiger charge is -2.61. The Morgan fingerprint density at radius 2 is 2.04 bits per heavy atom. The van der Waals surface area contributed by atoms with Gasteiger partial charge in [0.2, 0.25) is 0 Å². The minimum atomic E-state index is -0.465. The predicted octanol–water partition coefficient (Wildman–Crippen LogP) is 4.61. The maximum absolute atomic E-state index is 11.4. The minimum Gasteiger partial charge on any atom is -0.497 e. The number of rotatable bonds is 1. The molecule has 2 saturated carbocycles. The number of aryl methyl sites for hydroxylation is 1. The van der Waals surface area contributed by atoms with E-state index < -0.39 is 5.60 Å². The van der Waals surface area contributed by atoms with Gasteiger partial charge in [0.15, 0.2) is 0 Å². The molecule has 2 heteroatoms. The highest BCUT2D eigenvalue weighted by Gasteiger charge is 2.69. The lowest BCUT2D eigenvalue weighted by molar-refractivity contribution is -0.135. The Kier molecular flexibility index (Phi) is 2.92. The molecule has 1 N–H and O–H groups in total. The van der Waals surface area contributed by atoms with Gasteiger partial charge in [0.1, 0.15) is 5.75 Å². The summed E-state index contributed by atoms with van der Waals surface area (Å²) >= 11 is 0. The van der Waals surface area contributed by atoms with Crippen molar-refractivity contribution in [3.8, 4) is 5.75 Å². The average molecular weight is 324 g/mol. The predicted molar refractivity (Wildman–Crippen MR) is 95.3 cm³/mol. The summed E-state index contributed by atoms with van der Waals surface area (Å²) in [5.41, 5.74) is 2.86. The molecule has 0 spiro atoms. The second-order valence-electron chi connectivity index (χ2n) is 8.87. The molecule has 2 bridgehead atoms. The Morgan fingerprint density at radius 3 is 2.88 bits per heavy atom. The lowest BCUT2D eigenvalue weighted by Crippen LogP contribution is -2.57. The Morgan fingerprint density at radius 1 is 1.17 bits per heavy atom. The maximum Gasteiger partial charge on any atom is 0.119 e. The van der Waals surface area contributed by atoms with Crippen LogP contribution < -0.4 is 4.74 Å². The van der Waals surface area contributed by atoms with Crippen molar-refractivity contribution in [3.05, 3.63) is 41.5 Å². The molecule has 2 nitrogen and oxygen atoms in total. The van der Waals surface area contributed by atoms with Crippen molar-refractivity contribution in [3.63, 3.8) is 0 Å². The van der Waals surface area contributed by atoms with Crippen molar-refractivity contribution in [2.45, 2.75) is 63.4 Å². The number of fused-ring (bicyclic) bond motifs is 3. The molecule has 4 aliphatic rings. The monoisotopic (exact) mass is 324 g/mol. The zero-order chi connectivity index (χ0) is 16.6. The van der Waals surface area contributed by atoms with Crippen LogP contribution in [0.3, 0.4) is 0 Å². The second kappa shape index (κ2) is 4.66. The molecule has 0 unspecified atom stereocenters. The molecule has 5 rings (SSSR count). The van der Waals surface area contributed by atoms with Gasteiger partial charge in [-0.3, -0.25) is 0 Å². The van der Waals surface area contributed by atoms with E-state index in [9.17, 15) is 5.11 Å². The summed E-state index contributed by atoms with van der Waals surface area (Å²) in [6.45, 7) is 2.39. The average Bonchev–Trinajstić information content (AvgIpc) is 2.72. The van der Waals surface area contributed by atoms with E-state index in [0.29, 0.717) is 11.8 Å². The number of ether oxygens (including phenoxy) is 1. The second-order valence-corrected chi connectivity index (χ2v) is 8.87. The standard InChI is InChI=1S/C22H28O2/c1-20-11-8-18-17-6-5-16(24-2)14-15(17)4-7-19(18)21(20)9-3-10-22(20,23)13-12-21/h3,5-6,9,14,18-19,23H,4,7-8,10-13H2,1-2H3/t18-,19-,20+,21-,22-/m1/s1. The van der Waals surface area contributed by atoms with Gasteiger partial charge in [-0.25, -0.2) is 0 Å². The van der Waals surface area contributed by atoms with Crippen molar-refractivity contribution in [1.82, 2.24) is 0 Å². The number of hydrogen-bond donors (Lipinski definition) is 1. The maximum atomic E-state index is 11.4. The molecule has 0 heterocycles. The van der Waals surface area contributed by atoms with E-state index in [-0.39, 0.29) is 10.8 Å². The van der Waals surface area contributed by atoms with Gasteiger partial charge in [0, 0.05) is 5.41 Å². The van der Waals surface area contributed by atoms with Gasteiger partial charge in [0.25, 0.3) is 0 Å². The summed E-state index contributed by atoms with van der Waals surface area (Å²) < 4.78 is 5.43. The molecule has 0 amide bonds. The molecule has 0 saturated heterocycles. The van der Waals surface area contributed by atoms with Gasteiger partial charge in [-0.2, -0.15) is 0 Å². The SMILES string of the molecule is COc1ccc2c(c1)CC[C@@H]1[C@@H]2CC[C@]2(C)[C@@]3(O)CC=C[C@@]12CC3. The van der Waals surface area contributed by atoms with Crippen LogP contribution in [-0.4, -0.2) is 17.8 Å². The Bertz CT molecular complexity index is 723. The lowest BCUT2D eigenvalue weighted by atomic mass is 9.44. The van der Waals surface area contributed by atoms with Gasteiger partial charge in [-0.05, 0) is 85.5 Å². The fraction of sp³-hybridized carbons (Fsp3) is 0.636. The smallest absolute Gasteiger partial charge is 0.119 e. The first-order valence-corrected chi connectivity index (χ1v) is 9.60. The van der Waals surface area contributed by atoms with Crippen molar-refractivity contribution < 1.29 is 9.84 Å². The van der Waals surface area contributed by atoms with E-state index in [2.05, 4.69) is 37.3 Å². The number of hydrogen-bond acceptors (Lipinski definition) is 2. The highest BCUT2D eigenvalue weighted by Crippen LogP contribution is 2.73. The zero-order valence-corrected chi connectivity index (χ0v) is 14.8. The third-order valence-corrected chi connectivity index (χ3v) is 8.45. The summed E-state index contributed by atoms with van der Waals surface area (Å²) in [4.78, 5) is 0. The third-order valence-electron chi connectivity index (χ3n) is 8.45. The molecule has 5 atom stereocenters. The van der Waals surface area contributed by atoms with E-state index in [1.165, 1.54) is 24.8 Å². The Labute approximate surface area is 144 Å². The van der Waals surface area contributed by atoms with Gasteiger partial charge in [-0.1, -0.05) is 25.1 Å². The van der Waals surface area contributed by atoms with Crippen LogP contribution in [0.15, 0.2) is 30.4 Å². The van der Waals surface area contributed by atoms with Crippen LogP contribution in [0.1, 0.15) is 62.5 Å². The number of aliphatic hydroxyl groups is 1. The molecular formula is C22H28O2. The number of allylic oxidation sites excluding steroid dienone is 1. The molecule has 1 aromatic rings. The molecular weight excluding hydrogens is 296 g/mol. The quantitative estimate of drug-likeness (QED) is 0.764. The van der Waals surface area contributed by atoms with E-state index in [1.54, 1.807) is 12.7 Å². The van der Waals surface area contributed by atoms with Crippen LogP contribution in [0.4, 0.5) is 0 Å². The van der Waals surface area contributed by atoms with Crippen molar-refractivity contribution in [2.24, 2.45) is 16.7 Å². The molecule has 128 valence electrons. The fourth-order valence-corrected chi connectivity index (χ4v) is 7.07. The summed E-state index contributed by atoms with van der Waals surface area (Å²) in [5.74, 6) is 2.32. The first-order chi connectivity index (χ1) is 11.5. The van der Waals surface area contributed by atoms with Crippen LogP contribution in [0.25, 0.3) is 0 Å². The molecule has 4 aliphatic carbocycles. The molecule has 2 fully saturated rings. The van der Waals surface area contributed by atoms with Crippen molar-refractivity contribution >= 4 is 0 Å². The van der Waals surface area contributed by atoms with Gasteiger partial charge in [0.05, 0.1) is 12.7 Å². The third kappa shape index (κ3) is 1.57. The summed E-state index contributed by atoms with van der Waals surface area (Å²) in [6, 6.07) is 6.70. The number of methoxy groups -OCH3 is 1. The highest BCUT2D eigenvalue weighted by molar-refractivity contribution is 5.43. The van der Waals surface area contributed by atoms with E-state index in [1.807, 2.05) is 0 Å². The summed E-state index contributed by atoms with van der Waals surface area (Å²) in [5, 5.41) is 11.4. The van der Waals surface area contributed by atoms with Gasteiger partial charge in [-0.15, -0.1) is 0 Å². The largest absolute Gasteiger partial charge is 0.497 e. The first-order valence-electron chi connectivity index (χ1n) is 9.60. The Hall–Kier alpha value is -1.28. The van der Waals surface area contributed by atoms with Crippen molar-refractivity contribution in [2.75, 3.05) is 7.11 Å². The van der Waals surface area contributed by atoms with Crippen LogP contribution in [0.2, 0.25) is 0 Å². The molecule has 24 heavy (non-hydrogen) atoms. The van der Waals surface area contributed by atoms with Crippen molar-refractivity contribution in [1.29, 1.82) is 0 Å². The van der Waals surface area contributed by atoms with E-state index in [4.69, 9.17) is 4.74 Å². The van der Waals surface area contributed by atoms with E-state index >= 15 is 0 Å². The molecule has 0 aliphatic heterocycles. The van der Waals surface area contributed by atoms with Crippen LogP contribution >= 0.6 is 0 Å². The van der Waals surface area contributed by atoms with Gasteiger partial charge < -0.3 is 9.84 Å². The molecule has 0 radical (unpaired) electrons. The van der Waals surface area contributed by atoms with Gasteiger partial charge >= 0.3 is 0 Å². The van der Waals surface area contributed by atoms with Crippen LogP contribution in [-0.2, 0) is 6.42 Å².